The monoisotopic (exact) mass is 379 g/mol. The molecule has 1 atom stereocenters. The van der Waals surface area contributed by atoms with Gasteiger partial charge in [0.2, 0.25) is 17.7 Å². The molecule has 0 saturated carbocycles. The first kappa shape index (κ1) is 19.6. The summed E-state index contributed by atoms with van der Waals surface area (Å²) in [6.07, 6.45) is 0.993. The van der Waals surface area contributed by atoms with Crippen molar-refractivity contribution in [3.05, 3.63) is 53.6 Å². The maximum atomic E-state index is 12.8. The number of amides is 3. The molecule has 0 aliphatic carbocycles. The first-order valence-corrected chi connectivity index (χ1v) is 9.46. The second-order valence-electron chi connectivity index (χ2n) is 7.09. The summed E-state index contributed by atoms with van der Waals surface area (Å²) in [5, 5.41) is 5.74. The van der Waals surface area contributed by atoms with Gasteiger partial charge in [-0.25, -0.2) is 0 Å². The topological polar surface area (TPSA) is 78.5 Å². The van der Waals surface area contributed by atoms with E-state index >= 15 is 0 Å². The van der Waals surface area contributed by atoms with E-state index in [1.54, 1.807) is 29.2 Å². The van der Waals surface area contributed by atoms with E-state index in [-0.39, 0.29) is 24.1 Å². The van der Waals surface area contributed by atoms with Crippen LogP contribution in [0.5, 0.6) is 0 Å². The van der Waals surface area contributed by atoms with Gasteiger partial charge in [0.25, 0.3) is 0 Å². The van der Waals surface area contributed by atoms with E-state index in [1.165, 1.54) is 6.92 Å². The molecule has 0 radical (unpaired) electrons. The molecule has 1 fully saturated rings. The molecule has 1 aliphatic rings. The van der Waals surface area contributed by atoms with Crippen LogP contribution in [0.2, 0.25) is 0 Å². The van der Waals surface area contributed by atoms with Gasteiger partial charge in [0.15, 0.2) is 0 Å². The molecular formula is C22H25N3O3. The van der Waals surface area contributed by atoms with Crippen LogP contribution in [-0.2, 0) is 20.8 Å². The number of rotatable bonds is 5. The standard InChI is InChI=1S/C22H25N3O3/c1-4-16-8-5-7-14(2)21(16)24-22(28)17-11-20(27)25(13-17)19-10-6-9-18(12-19)23-15(3)26/h5-10,12,17H,4,11,13H2,1-3H3,(H,23,26)(H,24,28). The summed E-state index contributed by atoms with van der Waals surface area (Å²) < 4.78 is 0. The molecule has 1 heterocycles. The third kappa shape index (κ3) is 4.22. The maximum Gasteiger partial charge on any atom is 0.229 e. The maximum absolute atomic E-state index is 12.8. The highest BCUT2D eigenvalue weighted by Gasteiger charge is 2.35. The van der Waals surface area contributed by atoms with E-state index in [2.05, 4.69) is 10.6 Å². The second-order valence-corrected chi connectivity index (χ2v) is 7.09. The normalized spacial score (nSPS) is 16.2. The van der Waals surface area contributed by atoms with Crippen LogP contribution in [0.25, 0.3) is 0 Å². The van der Waals surface area contributed by atoms with Crippen LogP contribution < -0.4 is 15.5 Å². The van der Waals surface area contributed by atoms with E-state index in [1.807, 2.05) is 32.0 Å². The Hall–Kier alpha value is -3.15. The number of carbonyl (C=O) groups is 3. The summed E-state index contributed by atoms with van der Waals surface area (Å²) >= 11 is 0. The fourth-order valence-electron chi connectivity index (χ4n) is 3.51. The number of nitrogens with one attached hydrogen (secondary N) is 2. The predicted octanol–water partition coefficient (Wildman–Crippen LogP) is 3.51. The van der Waals surface area contributed by atoms with Gasteiger partial charge in [0.1, 0.15) is 0 Å². The number of benzene rings is 2. The Kier molecular flexibility index (Phi) is 5.78. The highest BCUT2D eigenvalue weighted by atomic mass is 16.2. The van der Waals surface area contributed by atoms with Crippen molar-refractivity contribution in [2.75, 3.05) is 22.1 Å². The van der Waals surface area contributed by atoms with Crippen molar-refractivity contribution in [2.24, 2.45) is 5.92 Å². The van der Waals surface area contributed by atoms with Crippen LogP contribution >= 0.6 is 0 Å². The van der Waals surface area contributed by atoms with Crippen molar-refractivity contribution >= 4 is 34.8 Å². The van der Waals surface area contributed by atoms with Crippen molar-refractivity contribution in [3.63, 3.8) is 0 Å². The zero-order valence-electron chi connectivity index (χ0n) is 16.4. The number of aryl methyl sites for hydroxylation is 2. The van der Waals surface area contributed by atoms with Gasteiger partial charge in [0.05, 0.1) is 5.92 Å². The van der Waals surface area contributed by atoms with Gasteiger partial charge in [-0.2, -0.15) is 0 Å². The lowest BCUT2D eigenvalue weighted by molar-refractivity contribution is -0.122. The smallest absolute Gasteiger partial charge is 0.229 e. The van der Waals surface area contributed by atoms with Gasteiger partial charge in [-0.05, 0) is 42.7 Å². The Labute approximate surface area is 164 Å². The molecule has 1 aliphatic heterocycles. The Balaban J connectivity index is 1.74. The highest BCUT2D eigenvalue weighted by Crippen LogP contribution is 2.29. The van der Waals surface area contributed by atoms with Gasteiger partial charge in [-0.1, -0.05) is 31.2 Å². The lowest BCUT2D eigenvalue weighted by Gasteiger charge is -2.18. The molecule has 28 heavy (non-hydrogen) atoms. The van der Waals surface area contributed by atoms with Gasteiger partial charge >= 0.3 is 0 Å². The molecule has 0 bridgehead atoms. The Bertz CT molecular complexity index is 923. The minimum Gasteiger partial charge on any atom is -0.326 e. The first-order valence-electron chi connectivity index (χ1n) is 9.46. The van der Waals surface area contributed by atoms with Crippen LogP contribution in [0.1, 0.15) is 31.4 Å². The van der Waals surface area contributed by atoms with Crippen LogP contribution in [0.4, 0.5) is 17.1 Å². The molecular weight excluding hydrogens is 354 g/mol. The predicted molar refractivity (Wildman–Crippen MR) is 110 cm³/mol. The van der Waals surface area contributed by atoms with Crippen molar-refractivity contribution < 1.29 is 14.4 Å². The summed E-state index contributed by atoms with van der Waals surface area (Å²) in [6.45, 7) is 5.77. The SMILES string of the molecule is CCc1cccc(C)c1NC(=O)C1CC(=O)N(c2cccc(NC(C)=O)c2)C1. The van der Waals surface area contributed by atoms with E-state index in [0.717, 1.165) is 23.2 Å². The van der Waals surface area contributed by atoms with Gasteiger partial charge in [0, 0.05) is 37.0 Å². The van der Waals surface area contributed by atoms with Crippen LogP contribution in [0, 0.1) is 12.8 Å². The molecule has 6 heteroatoms. The van der Waals surface area contributed by atoms with Crippen molar-refractivity contribution in [1.82, 2.24) is 0 Å². The summed E-state index contributed by atoms with van der Waals surface area (Å²) in [7, 11) is 0. The number of hydrogen-bond donors (Lipinski definition) is 2. The minimum absolute atomic E-state index is 0.0966. The second kappa shape index (κ2) is 8.25. The molecule has 0 aromatic heterocycles. The Morgan fingerprint density at radius 1 is 1.14 bits per heavy atom. The summed E-state index contributed by atoms with van der Waals surface area (Å²) in [4.78, 5) is 38.2. The Morgan fingerprint density at radius 3 is 2.61 bits per heavy atom. The van der Waals surface area contributed by atoms with Gasteiger partial charge < -0.3 is 15.5 Å². The summed E-state index contributed by atoms with van der Waals surface area (Å²) in [6, 6.07) is 13.0. The molecule has 2 N–H and O–H groups in total. The third-order valence-electron chi connectivity index (χ3n) is 4.96. The van der Waals surface area contributed by atoms with Crippen LogP contribution in [0.3, 0.4) is 0 Å². The molecule has 3 rings (SSSR count). The first-order chi connectivity index (χ1) is 13.4. The number of para-hydroxylation sites is 1. The largest absolute Gasteiger partial charge is 0.326 e. The molecule has 0 spiro atoms. The van der Waals surface area contributed by atoms with E-state index < -0.39 is 5.92 Å². The fourth-order valence-corrected chi connectivity index (χ4v) is 3.51. The van der Waals surface area contributed by atoms with Gasteiger partial charge in [-0.15, -0.1) is 0 Å². The summed E-state index contributed by atoms with van der Waals surface area (Å²) in [5.74, 6) is -0.827. The van der Waals surface area contributed by atoms with Crippen LogP contribution in [0.15, 0.2) is 42.5 Å². The number of hydrogen-bond acceptors (Lipinski definition) is 3. The molecule has 3 amide bonds. The molecule has 1 saturated heterocycles. The molecule has 146 valence electrons. The van der Waals surface area contributed by atoms with Crippen LogP contribution in [-0.4, -0.2) is 24.3 Å². The molecule has 6 nitrogen and oxygen atoms in total. The number of carbonyl (C=O) groups excluding carboxylic acids is 3. The zero-order valence-corrected chi connectivity index (χ0v) is 16.4. The quantitative estimate of drug-likeness (QED) is 0.834. The van der Waals surface area contributed by atoms with Crippen molar-refractivity contribution in [1.29, 1.82) is 0 Å². The fraction of sp³-hybridized carbons (Fsp3) is 0.318. The average Bonchev–Trinajstić information content (AvgIpc) is 3.05. The van der Waals surface area contributed by atoms with E-state index in [0.29, 0.717) is 17.9 Å². The Morgan fingerprint density at radius 2 is 1.89 bits per heavy atom. The number of nitrogens with zero attached hydrogens (tertiary/aromatic N) is 1. The van der Waals surface area contributed by atoms with Gasteiger partial charge in [-0.3, -0.25) is 14.4 Å². The average molecular weight is 379 g/mol. The highest BCUT2D eigenvalue weighted by molar-refractivity contribution is 6.04. The minimum atomic E-state index is -0.416. The van der Waals surface area contributed by atoms with E-state index in [9.17, 15) is 14.4 Å². The van der Waals surface area contributed by atoms with Crippen molar-refractivity contribution in [3.8, 4) is 0 Å². The third-order valence-corrected chi connectivity index (χ3v) is 4.96. The molecule has 2 aromatic carbocycles. The van der Waals surface area contributed by atoms with Crippen molar-refractivity contribution in [2.45, 2.75) is 33.6 Å². The number of anilines is 3. The van der Waals surface area contributed by atoms with E-state index in [4.69, 9.17) is 0 Å². The lowest BCUT2D eigenvalue weighted by Crippen LogP contribution is -2.28. The molecule has 2 aromatic rings. The summed E-state index contributed by atoms with van der Waals surface area (Å²) in [5.41, 5.74) is 4.23. The molecule has 1 unspecified atom stereocenters. The lowest BCUT2D eigenvalue weighted by atomic mass is 10.0. The zero-order chi connectivity index (χ0) is 20.3.